The third-order valence-corrected chi connectivity index (χ3v) is 10.4. The fraction of sp³-hybridized carbons (Fsp3) is 0.550. The molecule has 60 heavy (non-hydrogen) atoms. The SMILES string of the molecule is COc1ccc(-c2oc3c(CC=C(C)C)c(O[C@H]4O[C@@H](CO)[C@H](O)[C@@H](O)[C@@H]4O)cc(O)c3c(=O)c2O[C@H]2O[C@@H](C)[C@H](OC(C)=O)[C@@H](O[C@@H]3OC[C@@H](O)[C@@H](O)[C@H]3O)[C@@H]2O)cc1. The van der Waals surface area contributed by atoms with E-state index in [4.69, 9.17) is 42.3 Å². The van der Waals surface area contributed by atoms with E-state index in [1.54, 1.807) is 32.1 Å². The maximum atomic E-state index is 14.7. The van der Waals surface area contributed by atoms with Gasteiger partial charge >= 0.3 is 5.97 Å². The molecule has 0 radical (unpaired) electrons. The second kappa shape index (κ2) is 18.7. The summed E-state index contributed by atoms with van der Waals surface area (Å²) in [5, 5.41) is 94.9. The van der Waals surface area contributed by atoms with Crippen LogP contribution in [-0.4, -0.2) is 158 Å². The van der Waals surface area contributed by atoms with Crippen LogP contribution in [0.15, 0.2) is 51.2 Å². The number of hydrogen-bond acceptors (Lipinski definition) is 20. The van der Waals surface area contributed by atoms with Crippen LogP contribution in [0.1, 0.15) is 33.3 Å². The molecule has 0 aliphatic carbocycles. The van der Waals surface area contributed by atoms with Crippen LogP contribution in [0.2, 0.25) is 0 Å². The Bertz CT molecular complexity index is 2060. The van der Waals surface area contributed by atoms with Gasteiger partial charge in [0.2, 0.25) is 23.8 Å². The topological polar surface area (TPSA) is 303 Å². The number of aromatic hydroxyl groups is 1. The molecule has 6 rings (SSSR count). The Balaban J connectivity index is 1.48. The lowest BCUT2D eigenvalue weighted by Crippen LogP contribution is -2.63. The molecule has 14 atom stereocenters. The Hall–Kier alpha value is -4.42. The molecule has 20 heteroatoms. The molecular formula is C40H50O20. The highest BCUT2D eigenvalue weighted by atomic mass is 16.7. The Morgan fingerprint density at radius 2 is 1.52 bits per heavy atom. The first-order chi connectivity index (χ1) is 28.4. The van der Waals surface area contributed by atoms with Crippen molar-refractivity contribution in [2.24, 2.45) is 0 Å². The van der Waals surface area contributed by atoms with E-state index >= 15 is 0 Å². The molecule has 1 aromatic heterocycles. The smallest absolute Gasteiger partial charge is 0.303 e. The zero-order valence-electron chi connectivity index (χ0n) is 33.2. The number of allylic oxidation sites excluding steroid dienone is 2. The van der Waals surface area contributed by atoms with Crippen molar-refractivity contribution < 1.29 is 93.1 Å². The van der Waals surface area contributed by atoms with Gasteiger partial charge in [0.1, 0.15) is 83.2 Å². The normalized spacial score (nSPS) is 33.2. The fourth-order valence-electron chi connectivity index (χ4n) is 7.06. The summed E-state index contributed by atoms with van der Waals surface area (Å²) in [5.74, 6) is -2.05. The van der Waals surface area contributed by atoms with Crippen LogP contribution >= 0.6 is 0 Å². The number of fused-ring (bicyclic) bond motifs is 1. The van der Waals surface area contributed by atoms with Crippen molar-refractivity contribution >= 4 is 16.9 Å². The standard InChI is InChI=1S/C40H50O20/c1-15(2)6-11-20-23(56-39-31(50)29(48)27(46)24(13-41)57-39)12-21(43)25-28(47)36(34(58-35(20)25)18-7-9-19(52-5)10-8-18)60-40-32(51)37(33(16(3)54-40)55-17(4)42)59-38-30(49)26(45)22(44)14-53-38/h6-10,12,16,22,24,26-27,29-33,37-41,43-46,48-51H,11,13-14H2,1-5H3/t16-,22+,24-,26+,27-,29+,30+,31-,32-,33-,37-,38-,39-,40+/m0/s1. The number of carbonyl (C=O) groups excluding carboxylic acids is 1. The van der Waals surface area contributed by atoms with Crippen LogP contribution in [0.5, 0.6) is 23.0 Å². The van der Waals surface area contributed by atoms with Gasteiger partial charge in [-0.05, 0) is 51.5 Å². The molecule has 0 saturated carbocycles. The molecule has 20 nitrogen and oxygen atoms in total. The Kier molecular flexibility index (Phi) is 14.0. The number of esters is 1. The average Bonchev–Trinajstić information content (AvgIpc) is 3.21. The summed E-state index contributed by atoms with van der Waals surface area (Å²) in [6.07, 6.45) is -20.9. The summed E-state index contributed by atoms with van der Waals surface area (Å²) in [6.45, 7) is 4.97. The monoisotopic (exact) mass is 850 g/mol. The maximum Gasteiger partial charge on any atom is 0.303 e. The number of carbonyl (C=O) groups is 1. The lowest BCUT2D eigenvalue weighted by molar-refractivity contribution is -0.336. The predicted octanol–water partition coefficient (Wildman–Crippen LogP) is -0.898. The van der Waals surface area contributed by atoms with Gasteiger partial charge in [-0.25, -0.2) is 0 Å². The summed E-state index contributed by atoms with van der Waals surface area (Å²) in [6, 6.07) is 7.24. The van der Waals surface area contributed by atoms with Gasteiger partial charge in [0.15, 0.2) is 18.2 Å². The van der Waals surface area contributed by atoms with Gasteiger partial charge in [0, 0.05) is 24.1 Å². The van der Waals surface area contributed by atoms with Crippen LogP contribution < -0.4 is 19.6 Å². The molecule has 3 aliphatic rings. The van der Waals surface area contributed by atoms with E-state index in [0.29, 0.717) is 5.75 Å². The highest BCUT2D eigenvalue weighted by Gasteiger charge is 2.51. The Morgan fingerprint density at radius 3 is 2.15 bits per heavy atom. The minimum absolute atomic E-state index is 0.0103. The summed E-state index contributed by atoms with van der Waals surface area (Å²) in [5.41, 5.74) is 0.0226. The lowest BCUT2D eigenvalue weighted by atomic mass is 9.98. The molecule has 3 fully saturated rings. The number of methoxy groups -OCH3 is 1. The Morgan fingerprint density at radius 1 is 0.850 bits per heavy atom. The van der Waals surface area contributed by atoms with Crippen molar-refractivity contribution in [3.05, 3.63) is 57.8 Å². The predicted molar refractivity (Wildman–Crippen MR) is 203 cm³/mol. The van der Waals surface area contributed by atoms with Crippen LogP contribution in [0.3, 0.4) is 0 Å². The van der Waals surface area contributed by atoms with Crippen molar-refractivity contribution in [3.8, 4) is 34.3 Å². The van der Waals surface area contributed by atoms with Crippen molar-refractivity contribution in [2.75, 3.05) is 20.3 Å². The molecular weight excluding hydrogens is 800 g/mol. The summed E-state index contributed by atoms with van der Waals surface area (Å²) < 4.78 is 52.1. The van der Waals surface area contributed by atoms with Gasteiger partial charge in [-0.15, -0.1) is 0 Å². The molecule has 0 unspecified atom stereocenters. The minimum Gasteiger partial charge on any atom is -0.507 e. The largest absolute Gasteiger partial charge is 0.507 e. The Labute approximate surface area is 342 Å². The van der Waals surface area contributed by atoms with E-state index in [9.17, 15) is 55.5 Å². The van der Waals surface area contributed by atoms with E-state index in [0.717, 1.165) is 18.6 Å². The third kappa shape index (κ3) is 9.10. The quantitative estimate of drug-likeness (QED) is 0.0788. The molecule has 4 heterocycles. The van der Waals surface area contributed by atoms with Crippen molar-refractivity contribution in [3.63, 3.8) is 0 Å². The number of aliphatic hydroxyl groups excluding tert-OH is 8. The number of phenols is 1. The minimum atomic E-state index is -1.92. The third-order valence-electron chi connectivity index (χ3n) is 10.4. The van der Waals surface area contributed by atoms with Gasteiger partial charge < -0.3 is 88.3 Å². The van der Waals surface area contributed by atoms with Gasteiger partial charge in [-0.2, -0.15) is 0 Å². The second-order valence-corrected chi connectivity index (χ2v) is 14.9. The molecule has 3 aliphatic heterocycles. The summed E-state index contributed by atoms with van der Waals surface area (Å²) in [7, 11) is 1.44. The van der Waals surface area contributed by atoms with Crippen LogP contribution in [0.25, 0.3) is 22.3 Å². The van der Waals surface area contributed by atoms with E-state index < -0.39 is 128 Å². The van der Waals surface area contributed by atoms with Gasteiger partial charge in [0.25, 0.3) is 0 Å². The van der Waals surface area contributed by atoms with E-state index in [-0.39, 0.29) is 34.6 Å². The maximum absolute atomic E-state index is 14.7. The molecule has 330 valence electrons. The van der Waals surface area contributed by atoms with E-state index in [1.807, 2.05) is 0 Å². The van der Waals surface area contributed by atoms with Crippen molar-refractivity contribution in [1.29, 1.82) is 0 Å². The second-order valence-electron chi connectivity index (χ2n) is 14.9. The molecule has 9 N–H and O–H groups in total. The van der Waals surface area contributed by atoms with E-state index in [2.05, 4.69) is 0 Å². The molecule has 2 aromatic carbocycles. The first-order valence-corrected chi connectivity index (χ1v) is 19.0. The molecule has 0 spiro atoms. The fourth-order valence-corrected chi connectivity index (χ4v) is 7.06. The zero-order chi connectivity index (χ0) is 43.7. The zero-order valence-corrected chi connectivity index (χ0v) is 33.2. The van der Waals surface area contributed by atoms with Gasteiger partial charge in [0.05, 0.1) is 26.4 Å². The van der Waals surface area contributed by atoms with Crippen LogP contribution in [0.4, 0.5) is 0 Å². The first kappa shape index (κ1) is 45.1. The lowest BCUT2D eigenvalue weighted by Gasteiger charge is -2.45. The van der Waals surface area contributed by atoms with E-state index in [1.165, 1.54) is 26.2 Å². The van der Waals surface area contributed by atoms with Gasteiger partial charge in [-0.3, -0.25) is 9.59 Å². The molecule has 3 saturated heterocycles. The van der Waals surface area contributed by atoms with Crippen molar-refractivity contribution in [1.82, 2.24) is 0 Å². The first-order valence-electron chi connectivity index (χ1n) is 19.0. The summed E-state index contributed by atoms with van der Waals surface area (Å²) in [4.78, 5) is 26.9. The van der Waals surface area contributed by atoms with Crippen molar-refractivity contribution in [2.45, 2.75) is 120 Å². The highest BCUT2D eigenvalue weighted by Crippen LogP contribution is 2.42. The summed E-state index contributed by atoms with van der Waals surface area (Å²) >= 11 is 0. The van der Waals surface area contributed by atoms with Crippen LogP contribution in [0, 0.1) is 0 Å². The number of hydrogen-bond donors (Lipinski definition) is 9. The van der Waals surface area contributed by atoms with Crippen LogP contribution in [-0.2, 0) is 34.9 Å². The highest BCUT2D eigenvalue weighted by molar-refractivity contribution is 5.91. The molecule has 3 aromatic rings. The molecule has 0 amide bonds. The van der Waals surface area contributed by atoms with Gasteiger partial charge in [-0.1, -0.05) is 11.6 Å². The number of rotatable bonds is 12. The number of phenolic OH excluding ortho intramolecular Hbond substituents is 1. The number of benzene rings is 2. The molecule has 0 bridgehead atoms. The number of aliphatic hydroxyl groups is 8. The number of ether oxygens (including phenoxy) is 8. The average molecular weight is 851 g/mol.